The maximum absolute atomic E-state index is 12.9. The van der Waals surface area contributed by atoms with Crippen molar-refractivity contribution in [2.75, 3.05) is 13.1 Å². The smallest absolute Gasteiger partial charge is 0.254 e. The monoisotopic (exact) mass is 346 g/mol. The lowest BCUT2D eigenvalue weighted by Crippen LogP contribution is -2.34. The van der Waals surface area contributed by atoms with E-state index in [1.54, 1.807) is 0 Å². The highest BCUT2D eigenvalue weighted by molar-refractivity contribution is 9.10. The molecule has 0 aliphatic carbocycles. The average Bonchev–Trinajstić information content (AvgIpc) is 2.86. The van der Waals surface area contributed by atoms with Crippen molar-refractivity contribution in [1.29, 1.82) is 0 Å². The fourth-order valence-electron chi connectivity index (χ4n) is 3.20. The van der Waals surface area contributed by atoms with Gasteiger partial charge in [-0.25, -0.2) is 0 Å². The molecule has 1 aliphatic rings. The van der Waals surface area contributed by atoms with Crippen LogP contribution in [-0.4, -0.2) is 29.9 Å². The maximum Gasteiger partial charge on any atom is 0.254 e. The molecule has 110 valence electrons. The minimum atomic E-state index is 0.107. The zero-order chi connectivity index (χ0) is 15.0. The molecule has 1 heterocycles. The number of nitrogens with two attached hydrogens (primary N) is 1. The number of rotatable bonds is 2. The number of halogens is 1. The Kier molecular flexibility index (Phi) is 4.00. The largest absolute Gasteiger partial charge is 0.336 e. The van der Waals surface area contributed by atoms with Gasteiger partial charge in [0, 0.05) is 22.6 Å². The predicted molar refractivity (Wildman–Crippen MR) is 89.3 cm³/mol. The first-order chi connectivity index (χ1) is 10.1. The van der Waals surface area contributed by atoms with Gasteiger partial charge in [0.15, 0.2) is 0 Å². The molecule has 21 heavy (non-hydrogen) atoms. The van der Waals surface area contributed by atoms with E-state index in [1.807, 2.05) is 41.3 Å². The van der Waals surface area contributed by atoms with Crippen LogP contribution >= 0.6 is 15.9 Å². The molecule has 1 aliphatic heterocycles. The van der Waals surface area contributed by atoms with Crippen molar-refractivity contribution in [1.82, 2.24) is 4.90 Å². The second-order valence-corrected chi connectivity index (χ2v) is 6.73. The summed E-state index contributed by atoms with van der Waals surface area (Å²) in [4.78, 5) is 14.9. The fourth-order valence-corrected chi connectivity index (χ4v) is 3.68. The number of amides is 1. The molecule has 0 spiro atoms. The molecule has 1 fully saturated rings. The van der Waals surface area contributed by atoms with Gasteiger partial charge in [-0.05, 0) is 48.7 Å². The number of fused-ring (bicyclic) bond motifs is 1. The summed E-state index contributed by atoms with van der Waals surface area (Å²) in [6, 6.07) is 12.2. The zero-order valence-electron chi connectivity index (χ0n) is 12.1. The van der Waals surface area contributed by atoms with Crippen molar-refractivity contribution in [3.8, 4) is 0 Å². The molecule has 1 saturated heterocycles. The van der Waals surface area contributed by atoms with Gasteiger partial charge in [0.05, 0.1) is 0 Å². The molecule has 0 radical (unpaired) electrons. The fraction of sp³-hybridized carbons (Fsp3) is 0.353. The minimum absolute atomic E-state index is 0.107. The third-order valence-corrected chi connectivity index (χ3v) is 4.77. The van der Waals surface area contributed by atoms with E-state index in [0.29, 0.717) is 12.5 Å². The highest BCUT2D eigenvalue weighted by Crippen LogP contribution is 2.29. The highest BCUT2D eigenvalue weighted by atomic mass is 79.9. The van der Waals surface area contributed by atoms with E-state index in [0.717, 1.165) is 33.8 Å². The van der Waals surface area contributed by atoms with E-state index in [-0.39, 0.29) is 11.9 Å². The van der Waals surface area contributed by atoms with Crippen molar-refractivity contribution in [3.05, 3.63) is 46.4 Å². The number of hydrogen-bond donors (Lipinski definition) is 1. The van der Waals surface area contributed by atoms with Crippen LogP contribution in [0.25, 0.3) is 10.8 Å². The van der Waals surface area contributed by atoms with Crippen molar-refractivity contribution in [3.63, 3.8) is 0 Å². The molecule has 2 N–H and O–H groups in total. The lowest BCUT2D eigenvalue weighted by Gasteiger charge is -2.22. The van der Waals surface area contributed by atoms with Gasteiger partial charge in [-0.3, -0.25) is 4.79 Å². The third kappa shape index (κ3) is 2.70. The molecule has 2 atom stereocenters. The minimum Gasteiger partial charge on any atom is -0.336 e. The van der Waals surface area contributed by atoms with Crippen molar-refractivity contribution >= 4 is 32.6 Å². The first kappa shape index (κ1) is 14.5. The Hall–Kier alpha value is -1.39. The van der Waals surface area contributed by atoms with E-state index in [9.17, 15) is 4.79 Å². The van der Waals surface area contributed by atoms with E-state index < -0.39 is 0 Å². The van der Waals surface area contributed by atoms with E-state index in [1.165, 1.54) is 0 Å². The Morgan fingerprint density at radius 3 is 2.86 bits per heavy atom. The van der Waals surface area contributed by atoms with Crippen LogP contribution in [0.1, 0.15) is 23.7 Å². The molecule has 0 saturated carbocycles. The lowest BCUT2D eigenvalue weighted by molar-refractivity contribution is 0.0745. The van der Waals surface area contributed by atoms with Crippen LogP contribution in [0, 0.1) is 5.92 Å². The first-order valence-electron chi connectivity index (χ1n) is 7.29. The van der Waals surface area contributed by atoms with Gasteiger partial charge in [0.25, 0.3) is 5.91 Å². The Morgan fingerprint density at radius 2 is 2.14 bits per heavy atom. The zero-order valence-corrected chi connectivity index (χ0v) is 13.6. The van der Waals surface area contributed by atoms with Gasteiger partial charge in [-0.2, -0.15) is 0 Å². The van der Waals surface area contributed by atoms with Crippen molar-refractivity contribution in [2.24, 2.45) is 11.7 Å². The van der Waals surface area contributed by atoms with Gasteiger partial charge < -0.3 is 10.6 Å². The summed E-state index contributed by atoms with van der Waals surface area (Å²) in [5.41, 5.74) is 6.53. The van der Waals surface area contributed by atoms with Crippen LogP contribution in [0.4, 0.5) is 0 Å². The second kappa shape index (κ2) is 5.78. The number of nitrogens with zero attached hydrogens (tertiary/aromatic N) is 1. The maximum atomic E-state index is 12.9. The summed E-state index contributed by atoms with van der Waals surface area (Å²) in [7, 11) is 0. The van der Waals surface area contributed by atoms with Crippen LogP contribution in [-0.2, 0) is 0 Å². The van der Waals surface area contributed by atoms with E-state index in [4.69, 9.17) is 5.73 Å². The number of carbonyl (C=O) groups excluding carboxylic acids is 1. The summed E-state index contributed by atoms with van der Waals surface area (Å²) in [6.45, 7) is 3.51. The van der Waals surface area contributed by atoms with E-state index >= 15 is 0 Å². The number of carbonyl (C=O) groups is 1. The van der Waals surface area contributed by atoms with Crippen LogP contribution in [0.15, 0.2) is 40.9 Å². The molecule has 3 nitrogen and oxygen atoms in total. The molecule has 2 aromatic carbocycles. The highest BCUT2D eigenvalue weighted by Gasteiger charge is 2.32. The Morgan fingerprint density at radius 1 is 1.38 bits per heavy atom. The van der Waals surface area contributed by atoms with Crippen molar-refractivity contribution < 1.29 is 4.79 Å². The summed E-state index contributed by atoms with van der Waals surface area (Å²) < 4.78 is 0.937. The molecule has 3 rings (SSSR count). The van der Waals surface area contributed by atoms with Gasteiger partial charge in [-0.1, -0.05) is 40.2 Å². The summed E-state index contributed by atoms with van der Waals surface area (Å²) >= 11 is 3.51. The molecule has 2 aromatic rings. The average molecular weight is 347 g/mol. The van der Waals surface area contributed by atoms with Crippen LogP contribution in [0.2, 0.25) is 0 Å². The number of benzene rings is 2. The van der Waals surface area contributed by atoms with Gasteiger partial charge in [-0.15, -0.1) is 0 Å². The summed E-state index contributed by atoms with van der Waals surface area (Å²) in [6.07, 6.45) is 0.994. The standard InChI is InChI=1S/C17H19BrN2O/c1-11-6-12(9-19)10-20(11)17(21)16-8-14(18)7-13-4-2-3-5-15(13)16/h2-5,7-8,11-12H,6,9-10,19H2,1H3. The quantitative estimate of drug-likeness (QED) is 0.905. The van der Waals surface area contributed by atoms with Crippen molar-refractivity contribution in [2.45, 2.75) is 19.4 Å². The molecule has 4 heteroatoms. The Labute approximate surface area is 133 Å². The normalized spacial score (nSPS) is 22.0. The van der Waals surface area contributed by atoms with Crippen LogP contribution in [0.3, 0.4) is 0 Å². The van der Waals surface area contributed by atoms with Gasteiger partial charge in [0.2, 0.25) is 0 Å². The summed E-state index contributed by atoms with van der Waals surface area (Å²) in [5, 5.41) is 2.09. The second-order valence-electron chi connectivity index (χ2n) is 5.82. The van der Waals surface area contributed by atoms with Crippen LogP contribution in [0.5, 0.6) is 0 Å². The van der Waals surface area contributed by atoms with Crippen LogP contribution < -0.4 is 5.73 Å². The van der Waals surface area contributed by atoms with Gasteiger partial charge >= 0.3 is 0 Å². The molecule has 0 aromatic heterocycles. The third-order valence-electron chi connectivity index (χ3n) is 4.31. The van der Waals surface area contributed by atoms with Gasteiger partial charge in [0.1, 0.15) is 0 Å². The first-order valence-corrected chi connectivity index (χ1v) is 8.08. The topological polar surface area (TPSA) is 46.3 Å². The molecule has 2 unspecified atom stereocenters. The molecular weight excluding hydrogens is 328 g/mol. The Bertz CT molecular complexity index is 686. The van der Waals surface area contributed by atoms with E-state index in [2.05, 4.69) is 22.9 Å². The SMILES string of the molecule is CC1CC(CN)CN1C(=O)c1cc(Br)cc2ccccc12. The molecule has 1 amide bonds. The number of likely N-dealkylation sites (tertiary alicyclic amines) is 1. The number of hydrogen-bond acceptors (Lipinski definition) is 2. The molecular formula is C17H19BrN2O. The Balaban J connectivity index is 2.02. The lowest BCUT2D eigenvalue weighted by atomic mass is 10.0. The predicted octanol–water partition coefficient (Wildman–Crippen LogP) is 3.41. The molecule has 0 bridgehead atoms. The summed E-state index contributed by atoms with van der Waals surface area (Å²) in [5.74, 6) is 0.526.